The zero-order chi connectivity index (χ0) is 15.2. The molecule has 0 spiro atoms. The van der Waals surface area contributed by atoms with Gasteiger partial charge in [-0.3, -0.25) is 14.5 Å². The Kier molecular flexibility index (Phi) is 5.33. The largest absolute Gasteiger partial charge is 0.468 e. The molecule has 0 heterocycles. The zero-order valence-corrected chi connectivity index (χ0v) is 12.6. The van der Waals surface area contributed by atoms with Crippen molar-refractivity contribution in [3.8, 4) is 0 Å². The van der Waals surface area contributed by atoms with E-state index in [-0.39, 0.29) is 25.0 Å². The second kappa shape index (κ2) is 7.22. The van der Waals surface area contributed by atoms with Gasteiger partial charge in [-0.25, -0.2) is 0 Å². The van der Waals surface area contributed by atoms with Crippen LogP contribution in [0.4, 0.5) is 0 Å². The van der Waals surface area contributed by atoms with Gasteiger partial charge in [-0.1, -0.05) is 18.2 Å². The molecule has 0 fully saturated rings. The lowest BCUT2D eigenvalue weighted by Crippen LogP contribution is -2.35. The topological polar surface area (TPSA) is 55.8 Å². The van der Waals surface area contributed by atoms with Crippen LogP contribution in [0.1, 0.15) is 23.1 Å². The minimum atomic E-state index is -0.361. The zero-order valence-electron chi connectivity index (χ0n) is 12.6. The number of esters is 2. The molecular formula is C16H21NO4. The lowest BCUT2D eigenvalue weighted by Gasteiger charge is -2.20. The molecule has 0 aliphatic heterocycles. The average molecular weight is 291 g/mol. The first-order valence-electron chi connectivity index (χ1n) is 7.09. The van der Waals surface area contributed by atoms with Crippen molar-refractivity contribution in [1.29, 1.82) is 0 Å². The molecule has 0 aromatic heterocycles. The normalized spacial score (nSPS) is 13.1. The number of aryl methyl sites for hydroxylation is 2. The van der Waals surface area contributed by atoms with Crippen LogP contribution in [0.3, 0.4) is 0 Å². The summed E-state index contributed by atoms with van der Waals surface area (Å²) in [6.45, 7) is 0.669. The minimum Gasteiger partial charge on any atom is -0.468 e. The summed E-state index contributed by atoms with van der Waals surface area (Å²) in [5.41, 5.74) is 3.89. The van der Waals surface area contributed by atoms with Crippen molar-refractivity contribution in [3.05, 3.63) is 34.9 Å². The van der Waals surface area contributed by atoms with Crippen molar-refractivity contribution < 1.29 is 19.1 Å². The number of carbonyl (C=O) groups excluding carboxylic acids is 2. The number of rotatable bonds is 6. The van der Waals surface area contributed by atoms with E-state index in [4.69, 9.17) is 0 Å². The van der Waals surface area contributed by atoms with E-state index < -0.39 is 0 Å². The third-order valence-electron chi connectivity index (χ3n) is 3.73. The molecule has 0 bridgehead atoms. The SMILES string of the molecule is COC(=O)CN(CC(=O)OC)Cc1ccc2c(c1)CCC2. The fourth-order valence-corrected chi connectivity index (χ4v) is 2.64. The summed E-state index contributed by atoms with van der Waals surface area (Å²) in [4.78, 5) is 24.6. The monoisotopic (exact) mass is 291 g/mol. The van der Waals surface area contributed by atoms with Crippen LogP contribution in [0, 0.1) is 0 Å². The maximum Gasteiger partial charge on any atom is 0.319 e. The van der Waals surface area contributed by atoms with Gasteiger partial charge in [-0.05, 0) is 36.0 Å². The van der Waals surface area contributed by atoms with Crippen molar-refractivity contribution >= 4 is 11.9 Å². The van der Waals surface area contributed by atoms with Crippen LogP contribution in [-0.4, -0.2) is 44.1 Å². The quantitative estimate of drug-likeness (QED) is 0.740. The maximum absolute atomic E-state index is 11.5. The highest BCUT2D eigenvalue weighted by Crippen LogP contribution is 2.23. The van der Waals surface area contributed by atoms with Gasteiger partial charge in [-0.2, -0.15) is 0 Å². The van der Waals surface area contributed by atoms with Crippen LogP contribution in [0.2, 0.25) is 0 Å². The maximum atomic E-state index is 11.5. The predicted molar refractivity (Wildman–Crippen MR) is 77.8 cm³/mol. The number of hydrogen-bond acceptors (Lipinski definition) is 5. The number of ether oxygens (including phenoxy) is 2. The van der Waals surface area contributed by atoms with E-state index in [0.29, 0.717) is 6.54 Å². The molecule has 1 aromatic carbocycles. The second-order valence-electron chi connectivity index (χ2n) is 5.25. The molecule has 1 aliphatic carbocycles. The van der Waals surface area contributed by atoms with E-state index in [1.807, 2.05) is 0 Å². The third-order valence-corrected chi connectivity index (χ3v) is 3.73. The van der Waals surface area contributed by atoms with Crippen LogP contribution in [0.15, 0.2) is 18.2 Å². The molecule has 0 amide bonds. The second-order valence-corrected chi connectivity index (χ2v) is 5.25. The predicted octanol–water partition coefficient (Wildman–Crippen LogP) is 1.32. The molecule has 0 atom stereocenters. The number of fused-ring (bicyclic) bond motifs is 1. The van der Waals surface area contributed by atoms with Gasteiger partial charge in [0.25, 0.3) is 0 Å². The van der Waals surface area contributed by atoms with E-state index in [2.05, 4.69) is 27.7 Å². The van der Waals surface area contributed by atoms with E-state index in [1.165, 1.54) is 31.8 Å². The first kappa shape index (κ1) is 15.5. The Morgan fingerprint density at radius 1 is 1.05 bits per heavy atom. The fourth-order valence-electron chi connectivity index (χ4n) is 2.64. The first-order chi connectivity index (χ1) is 10.1. The van der Waals surface area contributed by atoms with Crippen molar-refractivity contribution in [2.75, 3.05) is 27.3 Å². The molecule has 0 radical (unpaired) electrons. The number of methoxy groups -OCH3 is 2. The van der Waals surface area contributed by atoms with E-state index in [0.717, 1.165) is 18.4 Å². The van der Waals surface area contributed by atoms with Crippen molar-refractivity contribution in [3.63, 3.8) is 0 Å². The smallest absolute Gasteiger partial charge is 0.319 e. The molecule has 5 nitrogen and oxygen atoms in total. The Morgan fingerprint density at radius 3 is 2.29 bits per heavy atom. The van der Waals surface area contributed by atoms with Crippen molar-refractivity contribution in [2.24, 2.45) is 0 Å². The van der Waals surface area contributed by atoms with Crippen LogP contribution in [-0.2, 0) is 38.4 Å². The Bertz CT molecular complexity index is 509. The number of nitrogens with zero attached hydrogens (tertiary/aromatic N) is 1. The third kappa shape index (κ3) is 4.29. The summed E-state index contributed by atoms with van der Waals surface area (Å²) in [6, 6.07) is 6.38. The average Bonchev–Trinajstić information content (AvgIpc) is 2.94. The number of benzene rings is 1. The lowest BCUT2D eigenvalue weighted by atomic mass is 10.1. The Hall–Kier alpha value is -1.88. The lowest BCUT2D eigenvalue weighted by molar-refractivity contribution is -0.145. The first-order valence-corrected chi connectivity index (χ1v) is 7.09. The summed E-state index contributed by atoms with van der Waals surface area (Å²) in [6.07, 6.45) is 3.45. The highest BCUT2D eigenvalue weighted by molar-refractivity contribution is 5.74. The van der Waals surface area contributed by atoms with Crippen LogP contribution in [0.5, 0.6) is 0 Å². The summed E-state index contributed by atoms with van der Waals surface area (Å²) in [5.74, 6) is -0.722. The van der Waals surface area contributed by atoms with E-state index in [1.54, 1.807) is 4.90 Å². The highest BCUT2D eigenvalue weighted by atomic mass is 16.5. The molecule has 0 saturated heterocycles. The molecule has 0 N–H and O–H groups in total. The molecule has 0 unspecified atom stereocenters. The van der Waals surface area contributed by atoms with Crippen LogP contribution < -0.4 is 0 Å². The molecule has 1 aliphatic rings. The molecular weight excluding hydrogens is 270 g/mol. The highest BCUT2D eigenvalue weighted by Gasteiger charge is 2.17. The number of carbonyl (C=O) groups is 2. The van der Waals surface area contributed by atoms with Gasteiger partial charge >= 0.3 is 11.9 Å². The number of hydrogen-bond donors (Lipinski definition) is 0. The molecule has 2 rings (SSSR count). The summed E-state index contributed by atoms with van der Waals surface area (Å²) >= 11 is 0. The van der Waals surface area contributed by atoms with Crippen LogP contribution in [0.25, 0.3) is 0 Å². The Balaban J connectivity index is 2.06. The van der Waals surface area contributed by atoms with Gasteiger partial charge in [0.15, 0.2) is 0 Å². The van der Waals surface area contributed by atoms with Gasteiger partial charge < -0.3 is 9.47 Å². The molecule has 114 valence electrons. The Labute approximate surface area is 124 Å². The van der Waals surface area contributed by atoms with E-state index in [9.17, 15) is 9.59 Å². The van der Waals surface area contributed by atoms with Gasteiger partial charge in [0, 0.05) is 6.54 Å². The summed E-state index contributed by atoms with van der Waals surface area (Å²) in [5, 5.41) is 0. The molecule has 0 saturated carbocycles. The Morgan fingerprint density at radius 2 is 1.67 bits per heavy atom. The summed E-state index contributed by atoms with van der Waals surface area (Å²) in [7, 11) is 2.68. The van der Waals surface area contributed by atoms with Gasteiger partial charge in [0.1, 0.15) is 0 Å². The molecule has 21 heavy (non-hydrogen) atoms. The minimum absolute atomic E-state index is 0.0721. The summed E-state index contributed by atoms with van der Waals surface area (Å²) < 4.78 is 9.35. The van der Waals surface area contributed by atoms with Crippen molar-refractivity contribution in [1.82, 2.24) is 4.90 Å². The van der Waals surface area contributed by atoms with Gasteiger partial charge in [0.2, 0.25) is 0 Å². The van der Waals surface area contributed by atoms with Gasteiger partial charge in [-0.15, -0.1) is 0 Å². The van der Waals surface area contributed by atoms with Gasteiger partial charge in [0.05, 0.1) is 27.3 Å². The molecule has 5 heteroatoms. The van der Waals surface area contributed by atoms with E-state index >= 15 is 0 Å². The standard InChI is InChI=1S/C16H21NO4/c1-20-15(18)10-17(11-16(19)21-2)9-12-6-7-13-4-3-5-14(13)8-12/h6-8H,3-5,9-11H2,1-2H3. The molecule has 1 aromatic rings. The van der Waals surface area contributed by atoms with Crippen LogP contribution >= 0.6 is 0 Å². The van der Waals surface area contributed by atoms with Crippen molar-refractivity contribution in [2.45, 2.75) is 25.8 Å². The fraction of sp³-hybridized carbons (Fsp3) is 0.500.